The molecule has 80 valence electrons. The molecule has 1 aromatic rings. The van der Waals surface area contributed by atoms with Crippen molar-refractivity contribution in [2.45, 2.75) is 18.8 Å². The lowest BCUT2D eigenvalue weighted by Gasteiger charge is -2.33. The molecule has 0 saturated heterocycles. The van der Waals surface area contributed by atoms with E-state index in [1.165, 1.54) is 18.6 Å². The van der Waals surface area contributed by atoms with Crippen LogP contribution in [0.4, 0.5) is 14.6 Å². The van der Waals surface area contributed by atoms with E-state index in [-0.39, 0.29) is 18.7 Å². The summed E-state index contributed by atoms with van der Waals surface area (Å²) < 4.78 is 25.0. The highest BCUT2D eigenvalue weighted by Gasteiger charge is 2.48. The maximum atomic E-state index is 12.5. The highest BCUT2D eigenvalue weighted by atomic mass is 19.3. The van der Waals surface area contributed by atoms with E-state index in [2.05, 4.69) is 15.3 Å². The maximum Gasteiger partial charge on any atom is 0.249 e. The summed E-state index contributed by atoms with van der Waals surface area (Å²) in [5.41, 5.74) is 0. The van der Waals surface area contributed by atoms with E-state index in [1.54, 1.807) is 0 Å². The summed E-state index contributed by atoms with van der Waals surface area (Å²) >= 11 is 0. The number of hydrogen-bond donors (Lipinski definition) is 1. The Hall–Kier alpha value is -1.59. The number of amides is 1. The molecule has 0 unspecified atom stereocenters. The molecule has 4 nitrogen and oxygen atoms in total. The fraction of sp³-hybridized carbons (Fsp3) is 0.444. The molecular weight excluding hydrogens is 204 g/mol. The smallest absolute Gasteiger partial charge is 0.249 e. The van der Waals surface area contributed by atoms with E-state index in [9.17, 15) is 13.6 Å². The number of anilines is 1. The first kappa shape index (κ1) is 9.95. The van der Waals surface area contributed by atoms with Gasteiger partial charge in [0.25, 0.3) is 0 Å². The molecule has 1 saturated carbocycles. The number of hydrogen-bond acceptors (Lipinski definition) is 3. The number of carbonyl (C=O) groups excluding carboxylic acids is 1. The molecule has 6 heteroatoms. The fourth-order valence-electron chi connectivity index (χ4n) is 1.44. The predicted octanol–water partition coefficient (Wildman–Crippen LogP) is 1.46. The van der Waals surface area contributed by atoms with Crippen molar-refractivity contribution in [1.82, 2.24) is 9.97 Å². The van der Waals surface area contributed by atoms with Crippen molar-refractivity contribution in [2.75, 3.05) is 5.32 Å². The van der Waals surface area contributed by atoms with Gasteiger partial charge in [-0.3, -0.25) is 9.78 Å². The second-order valence-electron chi connectivity index (χ2n) is 3.54. The Morgan fingerprint density at radius 1 is 1.47 bits per heavy atom. The van der Waals surface area contributed by atoms with Crippen LogP contribution < -0.4 is 5.32 Å². The van der Waals surface area contributed by atoms with E-state index in [1.807, 2.05) is 0 Å². The molecule has 15 heavy (non-hydrogen) atoms. The van der Waals surface area contributed by atoms with Gasteiger partial charge in [-0.15, -0.1) is 0 Å². The van der Waals surface area contributed by atoms with Crippen LogP contribution >= 0.6 is 0 Å². The third-order valence-electron chi connectivity index (χ3n) is 2.28. The second kappa shape index (κ2) is 3.52. The molecule has 1 fully saturated rings. The SMILES string of the molecule is O=C(Nc1cnccn1)C1CC(F)(F)C1. The topological polar surface area (TPSA) is 54.9 Å². The Morgan fingerprint density at radius 3 is 2.73 bits per heavy atom. The van der Waals surface area contributed by atoms with Crippen molar-refractivity contribution in [3.05, 3.63) is 18.6 Å². The van der Waals surface area contributed by atoms with Crippen LogP contribution in [0.3, 0.4) is 0 Å². The van der Waals surface area contributed by atoms with Crippen molar-refractivity contribution in [1.29, 1.82) is 0 Å². The van der Waals surface area contributed by atoms with Crippen LogP contribution in [0.25, 0.3) is 0 Å². The number of carbonyl (C=O) groups is 1. The highest BCUT2D eigenvalue weighted by Crippen LogP contribution is 2.42. The van der Waals surface area contributed by atoms with Gasteiger partial charge in [-0.25, -0.2) is 13.8 Å². The van der Waals surface area contributed by atoms with Gasteiger partial charge >= 0.3 is 0 Å². The zero-order valence-electron chi connectivity index (χ0n) is 7.78. The predicted molar refractivity (Wildman–Crippen MR) is 48.3 cm³/mol. The van der Waals surface area contributed by atoms with Gasteiger partial charge in [0.05, 0.1) is 6.20 Å². The first-order valence-electron chi connectivity index (χ1n) is 4.51. The quantitative estimate of drug-likeness (QED) is 0.809. The number of halogens is 2. The Kier molecular flexibility index (Phi) is 2.34. The van der Waals surface area contributed by atoms with E-state index in [0.29, 0.717) is 0 Å². The Bertz CT molecular complexity index is 361. The molecule has 1 N–H and O–H groups in total. The summed E-state index contributed by atoms with van der Waals surface area (Å²) in [6.45, 7) is 0. The summed E-state index contributed by atoms with van der Waals surface area (Å²) in [4.78, 5) is 18.9. The third kappa shape index (κ3) is 2.26. The number of rotatable bonds is 2. The Morgan fingerprint density at radius 2 is 2.20 bits per heavy atom. The molecule has 0 spiro atoms. The van der Waals surface area contributed by atoms with Crippen LogP contribution in [0.15, 0.2) is 18.6 Å². The standard InChI is InChI=1S/C9H9F2N3O/c10-9(11)3-6(4-9)8(15)14-7-5-12-1-2-13-7/h1-2,5-6H,3-4H2,(H,13,14,15). The summed E-state index contributed by atoms with van der Waals surface area (Å²) in [7, 11) is 0. The minimum absolute atomic E-state index is 0.290. The van der Waals surface area contributed by atoms with Crippen molar-refractivity contribution in [2.24, 2.45) is 5.92 Å². The molecule has 1 aromatic heterocycles. The minimum Gasteiger partial charge on any atom is -0.309 e. The summed E-state index contributed by atoms with van der Waals surface area (Å²) in [5, 5.41) is 2.44. The van der Waals surface area contributed by atoms with Gasteiger partial charge in [-0.2, -0.15) is 0 Å². The van der Waals surface area contributed by atoms with Crippen molar-refractivity contribution >= 4 is 11.7 Å². The van der Waals surface area contributed by atoms with Gasteiger partial charge in [0.2, 0.25) is 11.8 Å². The average molecular weight is 213 g/mol. The Balaban J connectivity index is 1.89. The molecule has 2 rings (SSSR count). The van der Waals surface area contributed by atoms with Crippen molar-refractivity contribution in [3.8, 4) is 0 Å². The number of aromatic nitrogens is 2. The molecule has 0 aliphatic heterocycles. The number of nitrogens with zero attached hydrogens (tertiary/aromatic N) is 2. The van der Waals surface area contributed by atoms with E-state index in [0.717, 1.165) is 0 Å². The van der Waals surface area contributed by atoms with Crippen LogP contribution in [-0.4, -0.2) is 21.8 Å². The van der Waals surface area contributed by atoms with Crippen LogP contribution in [0.5, 0.6) is 0 Å². The second-order valence-corrected chi connectivity index (χ2v) is 3.54. The first-order valence-corrected chi connectivity index (χ1v) is 4.51. The van der Waals surface area contributed by atoms with Gasteiger partial charge in [0, 0.05) is 31.2 Å². The highest BCUT2D eigenvalue weighted by molar-refractivity contribution is 5.92. The normalized spacial score (nSPS) is 19.3. The molecular formula is C9H9F2N3O. The summed E-state index contributed by atoms with van der Waals surface area (Å²) in [6.07, 6.45) is 3.51. The molecule has 0 radical (unpaired) electrons. The Labute approximate surface area is 84.7 Å². The van der Waals surface area contributed by atoms with Gasteiger partial charge in [0.1, 0.15) is 0 Å². The van der Waals surface area contributed by atoms with E-state index < -0.39 is 17.7 Å². The fourth-order valence-corrected chi connectivity index (χ4v) is 1.44. The van der Waals surface area contributed by atoms with Gasteiger partial charge < -0.3 is 5.32 Å². The molecule has 1 heterocycles. The number of alkyl halides is 2. The molecule has 1 aliphatic carbocycles. The lowest BCUT2D eigenvalue weighted by molar-refractivity contribution is -0.145. The third-order valence-corrected chi connectivity index (χ3v) is 2.28. The lowest BCUT2D eigenvalue weighted by Crippen LogP contribution is -2.42. The largest absolute Gasteiger partial charge is 0.309 e. The van der Waals surface area contributed by atoms with E-state index >= 15 is 0 Å². The summed E-state index contributed by atoms with van der Waals surface area (Å²) in [5.74, 6) is -3.41. The lowest BCUT2D eigenvalue weighted by atomic mass is 9.81. The molecule has 1 amide bonds. The van der Waals surface area contributed by atoms with Crippen LogP contribution in [0, 0.1) is 5.92 Å². The number of nitrogens with one attached hydrogen (secondary N) is 1. The van der Waals surface area contributed by atoms with Crippen LogP contribution in [0.1, 0.15) is 12.8 Å². The molecule has 1 aliphatic rings. The molecule has 0 aromatic carbocycles. The molecule has 0 atom stereocenters. The van der Waals surface area contributed by atoms with Crippen LogP contribution in [-0.2, 0) is 4.79 Å². The van der Waals surface area contributed by atoms with Gasteiger partial charge in [0.15, 0.2) is 5.82 Å². The van der Waals surface area contributed by atoms with Crippen molar-refractivity contribution < 1.29 is 13.6 Å². The first-order chi connectivity index (χ1) is 7.07. The zero-order chi connectivity index (χ0) is 10.9. The average Bonchev–Trinajstić information content (AvgIpc) is 2.15. The monoisotopic (exact) mass is 213 g/mol. The summed E-state index contributed by atoms with van der Waals surface area (Å²) in [6, 6.07) is 0. The maximum absolute atomic E-state index is 12.5. The van der Waals surface area contributed by atoms with Gasteiger partial charge in [-0.05, 0) is 0 Å². The molecule has 0 bridgehead atoms. The van der Waals surface area contributed by atoms with Gasteiger partial charge in [-0.1, -0.05) is 0 Å². The zero-order valence-corrected chi connectivity index (χ0v) is 7.78. The van der Waals surface area contributed by atoms with E-state index in [4.69, 9.17) is 0 Å². The minimum atomic E-state index is -2.68. The van der Waals surface area contributed by atoms with Crippen LogP contribution in [0.2, 0.25) is 0 Å². The van der Waals surface area contributed by atoms with Crippen molar-refractivity contribution in [3.63, 3.8) is 0 Å².